The lowest BCUT2D eigenvalue weighted by molar-refractivity contribution is -0.126. The molecule has 2 rings (SSSR count). The Labute approximate surface area is 85.3 Å². The summed E-state index contributed by atoms with van der Waals surface area (Å²) in [7, 11) is 0. The molecule has 7 nitrogen and oxygen atoms in total. The number of imide groups is 1. The van der Waals surface area contributed by atoms with E-state index in [0.29, 0.717) is 0 Å². The van der Waals surface area contributed by atoms with Gasteiger partial charge in [-0.05, 0) is 18.8 Å². The minimum absolute atomic E-state index is 0.0308. The van der Waals surface area contributed by atoms with E-state index in [1.165, 1.54) is 0 Å². The number of nitrogens with one attached hydrogen (secondary N) is 2. The molecular formula is C8H11N3O4. The third-order valence-corrected chi connectivity index (χ3v) is 2.69. The molecular weight excluding hydrogens is 202 g/mol. The van der Waals surface area contributed by atoms with E-state index < -0.39 is 23.6 Å². The Hall–Kier alpha value is -1.79. The number of amides is 4. The largest absolute Gasteiger partial charge is 0.447 e. The van der Waals surface area contributed by atoms with Crippen molar-refractivity contribution in [1.82, 2.24) is 10.6 Å². The second kappa shape index (κ2) is 3.11. The molecule has 1 aliphatic heterocycles. The second-order valence-electron chi connectivity index (χ2n) is 3.76. The van der Waals surface area contributed by atoms with Gasteiger partial charge in [-0.2, -0.15) is 0 Å². The maximum absolute atomic E-state index is 11.6. The smallest absolute Gasteiger partial charge is 0.404 e. The highest BCUT2D eigenvalue weighted by Crippen LogP contribution is 2.41. The van der Waals surface area contributed by atoms with Crippen LogP contribution in [0.5, 0.6) is 0 Å². The van der Waals surface area contributed by atoms with E-state index in [-0.39, 0.29) is 12.5 Å². The van der Waals surface area contributed by atoms with Crippen LogP contribution < -0.4 is 16.4 Å². The molecule has 0 radical (unpaired) electrons. The predicted octanol–water partition coefficient (Wildman–Crippen LogP) is -0.930. The number of nitrogens with two attached hydrogens (primary N) is 1. The van der Waals surface area contributed by atoms with Crippen LogP contribution in [-0.4, -0.2) is 30.2 Å². The average molecular weight is 213 g/mol. The number of primary amides is 1. The van der Waals surface area contributed by atoms with Crippen molar-refractivity contribution in [2.75, 3.05) is 6.61 Å². The van der Waals surface area contributed by atoms with E-state index in [0.717, 1.165) is 12.8 Å². The molecule has 1 saturated carbocycles. The van der Waals surface area contributed by atoms with E-state index in [1.54, 1.807) is 0 Å². The Morgan fingerprint density at radius 1 is 1.53 bits per heavy atom. The lowest BCUT2D eigenvalue weighted by Crippen LogP contribution is -2.53. The Morgan fingerprint density at radius 2 is 2.20 bits per heavy atom. The number of urea groups is 1. The van der Waals surface area contributed by atoms with Crippen LogP contribution in [-0.2, 0) is 9.53 Å². The zero-order valence-corrected chi connectivity index (χ0v) is 7.91. The Kier molecular flexibility index (Phi) is 2.02. The molecule has 1 saturated heterocycles. The SMILES string of the molecule is NC(=O)OCC1(C2CC2)NC(=O)NC1=O. The van der Waals surface area contributed by atoms with Crippen molar-refractivity contribution < 1.29 is 19.1 Å². The van der Waals surface area contributed by atoms with Crippen LogP contribution in [0.25, 0.3) is 0 Å². The molecule has 0 spiro atoms. The summed E-state index contributed by atoms with van der Waals surface area (Å²) in [5, 5.41) is 4.63. The monoisotopic (exact) mass is 213 g/mol. The fourth-order valence-corrected chi connectivity index (χ4v) is 1.77. The number of ether oxygens (including phenoxy) is 1. The average Bonchev–Trinajstić information content (AvgIpc) is 2.91. The molecule has 15 heavy (non-hydrogen) atoms. The highest BCUT2D eigenvalue weighted by Gasteiger charge is 2.56. The minimum Gasteiger partial charge on any atom is -0.447 e. The van der Waals surface area contributed by atoms with Crippen LogP contribution in [0, 0.1) is 5.92 Å². The molecule has 82 valence electrons. The van der Waals surface area contributed by atoms with Crippen LogP contribution in [0.3, 0.4) is 0 Å². The lowest BCUT2D eigenvalue weighted by Gasteiger charge is -2.24. The second-order valence-corrected chi connectivity index (χ2v) is 3.76. The summed E-state index contributed by atoms with van der Waals surface area (Å²) in [6.07, 6.45) is 0.704. The van der Waals surface area contributed by atoms with Crippen LogP contribution in [0.15, 0.2) is 0 Å². The maximum atomic E-state index is 11.6. The van der Waals surface area contributed by atoms with Crippen molar-refractivity contribution >= 4 is 18.0 Å². The zero-order valence-electron chi connectivity index (χ0n) is 7.91. The normalized spacial score (nSPS) is 29.6. The molecule has 2 fully saturated rings. The van der Waals surface area contributed by atoms with E-state index in [4.69, 9.17) is 5.73 Å². The Balaban J connectivity index is 2.13. The summed E-state index contributed by atoms with van der Waals surface area (Å²) >= 11 is 0. The molecule has 0 aromatic rings. The van der Waals surface area contributed by atoms with Gasteiger partial charge in [-0.15, -0.1) is 0 Å². The molecule has 1 heterocycles. The summed E-state index contributed by atoms with van der Waals surface area (Å²) < 4.78 is 4.61. The summed E-state index contributed by atoms with van der Waals surface area (Å²) in [5.41, 5.74) is 3.72. The molecule has 1 atom stereocenters. The number of hydrogen-bond acceptors (Lipinski definition) is 4. The van der Waals surface area contributed by atoms with Gasteiger partial charge in [0.05, 0.1) is 0 Å². The highest BCUT2D eigenvalue weighted by molar-refractivity contribution is 6.07. The van der Waals surface area contributed by atoms with Gasteiger partial charge in [0.25, 0.3) is 5.91 Å². The van der Waals surface area contributed by atoms with Crippen molar-refractivity contribution in [3.05, 3.63) is 0 Å². The highest BCUT2D eigenvalue weighted by atomic mass is 16.5. The molecule has 4 N–H and O–H groups in total. The van der Waals surface area contributed by atoms with Crippen molar-refractivity contribution in [2.45, 2.75) is 18.4 Å². The lowest BCUT2D eigenvalue weighted by atomic mass is 9.95. The molecule has 2 aliphatic rings. The molecule has 1 unspecified atom stereocenters. The van der Waals surface area contributed by atoms with Gasteiger partial charge in [0.2, 0.25) is 0 Å². The third kappa shape index (κ3) is 1.60. The van der Waals surface area contributed by atoms with Crippen molar-refractivity contribution in [3.63, 3.8) is 0 Å². The molecule has 7 heteroatoms. The number of rotatable bonds is 3. The van der Waals surface area contributed by atoms with Crippen LogP contribution in [0.4, 0.5) is 9.59 Å². The molecule has 0 aromatic heterocycles. The van der Waals surface area contributed by atoms with Crippen molar-refractivity contribution in [1.29, 1.82) is 0 Å². The predicted molar refractivity (Wildman–Crippen MR) is 47.7 cm³/mol. The molecule has 4 amide bonds. The number of carbonyl (C=O) groups excluding carboxylic acids is 3. The Morgan fingerprint density at radius 3 is 2.60 bits per heavy atom. The number of carbonyl (C=O) groups is 3. The number of hydrogen-bond donors (Lipinski definition) is 3. The minimum atomic E-state index is -1.11. The third-order valence-electron chi connectivity index (χ3n) is 2.69. The van der Waals surface area contributed by atoms with Crippen molar-refractivity contribution in [2.24, 2.45) is 11.7 Å². The van der Waals surface area contributed by atoms with Gasteiger partial charge < -0.3 is 15.8 Å². The van der Waals surface area contributed by atoms with Gasteiger partial charge >= 0.3 is 12.1 Å². The summed E-state index contributed by atoms with van der Waals surface area (Å²) in [6.45, 7) is -0.204. The van der Waals surface area contributed by atoms with E-state index >= 15 is 0 Å². The molecule has 0 bridgehead atoms. The summed E-state index contributed by atoms with van der Waals surface area (Å²) in [4.78, 5) is 33.1. The van der Waals surface area contributed by atoms with Gasteiger partial charge in [0, 0.05) is 0 Å². The van der Waals surface area contributed by atoms with Gasteiger partial charge in [-0.25, -0.2) is 9.59 Å². The Bertz CT molecular complexity index is 339. The van der Waals surface area contributed by atoms with Gasteiger partial charge in [-0.3, -0.25) is 10.1 Å². The van der Waals surface area contributed by atoms with Crippen molar-refractivity contribution in [3.8, 4) is 0 Å². The first-order chi connectivity index (χ1) is 7.04. The van der Waals surface area contributed by atoms with Crippen LogP contribution in [0.2, 0.25) is 0 Å². The fourth-order valence-electron chi connectivity index (χ4n) is 1.77. The standard InChI is InChI=1S/C8H11N3O4/c9-6(13)15-3-8(4-1-2-4)5(12)10-7(14)11-8/h4H,1-3H2,(H2,9,13)(H2,10,11,12,14). The quantitative estimate of drug-likeness (QED) is 0.526. The van der Waals surface area contributed by atoms with E-state index in [2.05, 4.69) is 15.4 Å². The van der Waals surface area contributed by atoms with Crippen LogP contribution >= 0.6 is 0 Å². The first-order valence-corrected chi connectivity index (χ1v) is 4.60. The van der Waals surface area contributed by atoms with Gasteiger partial charge in [-0.1, -0.05) is 0 Å². The molecule has 1 aliphatic carbocycles. The summed E-state index contributed by atoms with van der Waals surface area (Å²) in [5.74, 6) is -0.417. The molecule has 0 aromatic carbocycles. The maximum Gasteiger partial charge on any atom is 0.404 e. The first kappa shape index (κ1) is 9.75. The summed E-state index contributed by atoms with van der Waals surface area (Å²) in [6, 6.07) is -0.556. The van der Waals surface area contributed by atoms with Gasteiger partial charge in [0.1, 0.15) is 6.61 Å². The van der Waals surface area contributed by atoms with E-state index in [9.17, 15) is 14.4 Å². The van der Waals surface area contributed by atoms with E-state index in [1.807, 2.05) is 0 Å². The zero-order chi connectivity index (χ0) is 11.1. The first-order valence-electron chi connectivity index (χ1n) is 4.60. The van der Waals surface area contributed by atoms with Gasteiger partial charge in [0.15, 0.2) is 5.54 Å². The topological polar surface area (TPSA) is 111 Å². The fraction of sp³-hybridized carbons (Fsp3) is 0.625. The van der Waals surface area contributed by atoms with Crippen LogP contribution in [0.1, 0.15) is 12.8 Å².